The number of hydrogen-bond acceptors (Lipinski definition) is 3. The van der Waals surface area contributed by atoms with Gasteiger partial charge in [-0.05, 0) is 37.3 Å². The fourth-order valence-electron chi connectivity index (χ4n) is 4.90. The largest absolute Gasteiger partial charge is 0.481 e. The Labute approximate surface area is 141 Å². The molecule has 1 spiro atoms. The standard InChI is InChI=1S/C19H23NO4/c21-17-15-8-2-1-7-14(15)16(18(22)23)19(9-3-4-10-19)20(17)12-13-6-5-11-24-13/h1-2,7-8,13,16H,3-6,9-12H2,(H,22,23)/t13-,16-/m1/s1. The summed E-state index contributed by atoms with van der Waals surface area (Å²) in [5.74, 6) is -1.50. The summed E-state index contributed by atoms with van der Waals surface area (Å²) < 4.78 is 5.75. The van der Waals surface area contributed by atoms with Gasteiger partial charge in [0.15, 0.2) is 0 Å². The van der Waals surface area contributed by atoms with Gasteiger partial charge >= 0.3 is 5.97 Å². The number of hydrogen-bond donors (Lipinski definition) is 1. The topological polar surface area (TPSA) is 66.8 Å². The maximum atomic E-state index is 13.2. The van der Waals surface area contributed by atoms with E-state index in [4.69, 9.17) is 4.74 Å². The molecule has 1 saturated heterocycles. The van der Waals surface area contributed by atoms with E-state index in [1.807, 2.05) is 23.1 Å². The maximum absolute atomic E-state index is 13.2. The van der Waals surface area contributed by atoms with Crippen molar-refractivity contribution in [2.45, 2.75) is 56.1 Å². The summed E-state index contributed by atoms with van der Waals surface area (Å²) in [6.07, 6.45) is 5.46. The van der Waals surface area contributed by atoms with E-state index in [1.165, 1.54) is 0 Å². The van der Waals surface area contributed by atoms with Crippen LogP contribution in [-0.4, -0.2) is 46.7 Å². The molecule has 24 heavy (non-hydrogen) atoms. The molecule has 3 aliphatic rings. The van der Waals surface area contributed by atoms with E-state index in [2.05, 4.69) is 0 Å². The monoisotopic (exact) mass is 329 g/mol. The number of carboxylic acid groups (broad SMARTS) is 1. The molecule has 1 amide bonds. The normalized spacial score (nSPS) is 28.3. The maximum Gasteiger partial charge on any atom is 0.313 e. The lowest BCUT2D eigenvalue weighted by Gasteiger charge is -2.49. The molecule has 0 aromatic heterocycles. The number of benzene rings is 1. The highest BCUT2D eigenvalue weighted by Crippen LogP contribution is 2.50. The smallest absolute Gasteiger partial charge is 0.313 e. The van der Waals surface area contributed by atoms with Gasteiger partial charge in [0, 0.05) is 18.7 Å². The summed E-state index contributed by atoms with van der Waals surface area (Å²) in [4.78, 5) is 27.3. The highest BCUT2D eigenvalue weighted by molar-refractivity contribution is 6.01. The van der Waals surface area contributed by atoms with Crippen LogP contribution in [0.4, 0.5) is 0 Å². The van der Waals surface area contributed by atoms with Crippen molar-refractivity contribution >= 4 is 11.9 Å². The van der Waals surface area contributed by atoms with Crippen molar-refractivity contribution in [2.75, 3.05) is 13.2 Å². The molecule has 1 aromatic carbocycles. The molecule has 1 aliphatic carbocycles. The Kier molecular flexibility index (Phi) is 3.83. The van der Waals surface area contributed by atoms with Crippen molar-refractivity contribution in [2.24, 2.45) is 0 Å². The van der Waals surface area contributed by atoms with Crippen molar-refractivity contribution in [1.29, 1.82) is 0 Å². The van der Waals surface area contributed by atoms with Crippen LogP contribution in [-0.2, 0) is 9.53 Å². The van der Waals surface area contributed by atoms with Crippen molar-refractivity contribution in [3.63, 3.8) is 0 Å². The number of carbonyl (C=O) groups excluding carboxylic acids is 1. The lowest BCUT2D eigenvalue weighted by atomic mass is 9.71. The van der Waals surface area contributed by atoms with Gasteiger partial charge in [-0.3, -0.25) is 9.59 Å². The quantitative estimate of drug-likeness (QED) is 0.926. The summed E-state index contributed by atoms with van der Waals surface area (Å²) >= 11 is 0. The van der Waals surface area contributed by atoms with Gasteiger partial charge in [-0.25, -0.2) is 0 Å². The van der Waals surface area contributed by atoms with E-state index < -0.39 is 17.4 Å². The van der Waals surface area contributed by atoms with E-state index in [0.29, 0.717) is 17.7 Å². The molecule has 1 saturated carbocycles. The summed E-state index contributed by atoms with van der Waals surface area (Å²) in [5.41, 5.74) is 0.629. The van der Waals surface area contributed by atoms with Gasteiger partial charge in [-0.2, -0.15) is 0 Å². The Balaban J connectivity index is 1.81. The van der Waals surface area contributed by atoms with Crippen LogP contribution in [0.25, 0.3) is 0 Å². The second-order valence-electron chi connectivity index (χ2n) is 7.22. The molecule has 0 bridgehead atoms. The molecule has 2 heterocycles. The molecule has 0 unspecified atom stereocenters. The predicted octanol–water partition coefficient (Wildman–Crippen LogP) is 2.80. The molecule has 5 heteroatoms. The summed E-state index contributed by atoms with van der Waals surface area (Å²) in [6, 6.07) is 7.22. The minimum absolute atomic E-state index is 0.0273. The molecule has 2 aliphatic heterocycles. The first-order chi connectivity index (χ1) is 11.6. The molecule has 0 radical (unpaired) electrons. The van der Waals surface area contributed by atoms with E-state index in [-0.39, 0.29) is 12.0 Å². The zero-order valence-electron chi connectivity index (χ0n) is 13.7. The van der Waals surface area contributed by atoms with Gasteiger partial charge in [0.05, 0.1) is 11.6 Å². The van der Waals surface area contributed by atoms with Crippen LogP contribution >= 0.6 is 0 Å². The van der Waals surface area contributed by atoms with Crippen LogP contribution in [0.2, 0.25) is 0 Å². The molecule has 2 fully saturated rings. The second-order valence-corrected chi connectivity index (χ2v) is 7.22. The predicted molar refractivity (Wildman–Crippen MR) is 88.0 cm³/mol. The summed E-state index contributed by atoms with van der Waals surface area (Å²) in [5, 5.41) is 10.0. The van der Waals surface area contributed by atoms with Gasteiger partial charge in [0.1, 0.15) is 5.92 Å². The number of carboxylic acids is 1. The Bertz CT molecular complexity index is 659. The molecule has 1 N–H and O–H groups in total. The first-order valence-corrected chi connectivity index (χ1v) is 8.89. The van der Waals surface area contributed by atoms with E-state index in [0.717, 1.165) is 45.1 Å². The van der Waals surface area contributed by atoms with E-state index >= 15 is 0 Å². The summed E-state index contributed by atoms with van der Waals surface area (Å²) in [7, 11) is 0. The van der Waals surface area contributed by atoms with Crippen LogP contribution in [0.3, 0.4) is 0 Å². The first-order valence-electron chi connectivity index (χ1n) is 8.89. The minimum Gasteiger partial charge on any atom is -0.481 e. The highest BCUT2D eigenvalue weighted by Gasteiger charge is 2.56. The minimum atomic E-state index is -0.825. The fraction of sp³-hybridized carbons (Fsp3) is 0.579. The third-order valence-corrected chi connectivity index (χ3v) is 5.95. The third kappa shape index (κ3) is 2.25. The van der Waals surface area contributed by atoms with Crippen molar-refractivity contribution < 1.29 is 19.4 Å². The molecular formula is C19H23NO4. The first kappa shape index (κ1) is 15.6. The van der Waals surface area contributed by atoms with Gasteiger partial charge < -0.3 is 14.7 Å². The zero-order valence-corrected chi connectivity index (χ0v) is 13.7. The van der Waals surface area contributed by atoms with Crippen molar-refractivity contribution in [3.05, 3.63) is 35.4 Å². The molecule has 5 nitrogen and oxygen atoms in total. The van der Waals surface area contributed by atoms with E-state index in [1.54, 1.807) is 6.07 Å². The van der Waals surface area contributed by atoms with Crippen LogP contribution in [0.1, 0.15) is 60.4 Å². The number of nitrogens with zero attached hydrogens (tertiary/aromatic N) is 1. The Morgan fingerprint density at radius 3 is 2.67 bits per heavy atom. The van der Waals surface area contributed by atoms with Crippen LogP contribution in [0.5, 0.6) is 0 Å². The van der Waals surface area contributed by atoms with Crippen LogP contribution < -0.4 is 0 Å². The molecule has 4 rings (SSSR count). The number of ether oxygens (including phenoxy) is 1. The lowest BCUT2D eigenvalue weighted by Crippen LogP contribution is -2.60. The van der Waals surface area contributed by atoms with Gasteiger partial charge in [0.2, 0.25) is 0 Å². The van der Waals surface area contributed by atoms with Crippen molar-refractivity contribution in [1.82, 2.24) is 4.90 Å². The van der Waals surface area contributed by atoms with Crippen LogP contribution in [0, 0.1) is 0 Å². The summed E-state index contributed by atoms with van der Waals surface area (Å²) in [6.45, 7) is 1.25. The Morgan fingerprint density at radius 1 is 1.25 bits per heavy atom. The number of carbonyl (C=O) groups is 2. The average molecular weight is 329 g/mol. The number of amides is 1. The van der Waals surface area contributed by atoms with Gasteiger partial charge in [0.25, 0.3) is 5.91 Å². The molecule has 2 atom stereocenters. The molecule has 1 aromatic rings. The fourth-order valence-corrected chi connectivity index (χ4v) is 4.90. The van der Waals surface area contributed by atoms with Crippen LogP contribution in [0.15, 0.2) is 24.3 Å². The highest BCUT2D eigenvalue weighted by atomic mass is 16.5. The average Bonchev–Trinajstić information content (AvgIpc) is 3.24. The number of rotatable bonds is 3. The van der Waals surface area contributed by atoms with Gasteiger partial charge in [-0.1, -0.05) is 31.0 Å². The number of fused-ring (bicyclic) bond motifs is 1. The lowest BCUT2D eigenvalue weighted by molar-refractivity contribution is -0.143. The third-order valence-electron chi connectivity index (χ3n) is 5.95. The van der Waals surface area contributed by atoms with Gasteiger partial charge in [-0.15, -0.1) is 0 Å². The number of aliphatic carboxylic acids is 1. The molecular weight excluding hydrogens is 306 g/mol. The SMILES string of the molecule is O=C(O)[C@H]1c2ccccc2C(=O)N(C[C@H]2CCCO2)C12CCCC2. The second kappa shape index (κ2) is 5.88. The van der Waals surface area contributed by atoms with Crippen molar-refractivity contribution in [3.8, 4) is 0 Å². The Morgan fingerprint density at radius 2 is 2.00 bits per heavy atom. The zero-order chi connectivity index (χ0) is 16.7. The Hall–Kier alpha value is -1.88. The molecule has 128 valence electrons. The van der Waals surface area contributed by atoms with E-state index in [9.17, 15) is 14.7 Å².